The van der Waals surface area contributed by atoms with Crippen molar-refractivity contribution in [2.45, 2.75) is 19.8 Å². The number of carbonyl (C=O) groups excluding carboxylic acids is 1. The summed E-state index contributed by atoms with van der Waals surface area (Å²) in [6.45, 7) is 3.41. The van der Waals surface area contributed by atoms with Crippen LogP contribution in [0.1, 0.15) is 18.5 Å². The fourth-order valence-electron chi connectivity index (χ4n) is 2.16. The molecule has 1 aliphatic heterocycles. The molecule has 2 rings (SSSR count). The van der Waals surface area contributed by atoms with E-state index in [1.165, 1.54) is 0 Å². The molecule has 3 N–H and O–H groups in total. The summed E-state index contributed by atoms with van der Waals surface area (Å²) in [7, 11) is 0. The highest BCUT2D eigenvalue weighted by atomic mass is 35.5. The molecule has 0 unspecified atom stereocenters. The minimum atomic E-state index is -0.499. The lowest BCUT2D eigenvalue weighted by Gasteiger charge is -2.34. The summed E-state index contributed by atoms with van der Waals surface area (Å²) in [5, 5.41) is 2.93. The quantitative estimate of drug-likeness (QED) is 0.891. The first-order valence-electron chi connectivity index (χ1n) is 6.19. The molecule has 20 heavy (non-hydrogen) atoms. The van der Waals surface area contributed by atoms with Crippen molar-refractivity contribution in [1.82, 2.24) is 4.98 Å². The van der Waals surface area contributed by atoms with Crippen molar-refractivity contribution >= 4 is 36.4 Å². The van der Waals surface area contributed by atoms with Crippen LogP contribution in [0.25, 0.3) is 0 Å². The Morgan fingerprint density at radius 3 is 2.65 bits per heavy atom. The molecular formula is C13H21Cl2N3O2. The number of amides is 1. The van der Waals surface area contributed by atoms with Crippen LogP contribution in [0.5, 0.6) is 0 Å². The largest absolute Gasteiger partial charge is 0.381 e. The third kappa shape index (κ3) is 4.06. The van der Waals surface area contributed by atoms with Gasteiger partial charge in [-0.05, 0) is 31.9 Å². The molecule has 1 aromatic rings. The molecule has 1 saturated heterocycles. The number of pyridine rings is 1. The van der Waals surface area contributed by atoms with E-state index in [2.05, 4.69) is 10.3 Å². The van der Waals surface area contributed by atoms with Gasteiger partial charge in [-0.2, -0.15) is 0 Å². The maximum atomic E-state index is 12.4. The number of halogens is 2. The number of hydrogen-bond acceptors (Lipinski definition) is 4. The van der Waals surface area contributed by atoms with Gasteiger partial charge in [-0.15, -0.1) is 24.8 Å². The van der Waals surface area contributed by atoms with Crippen molar-refractivity contribution in [3.05, 3.63) is 24.0 Å². The smallest absolute Gasteiger partial charge is 0.232 e. The van der Waals surface area contributed by atoms with Crippen molar-refractivity contribution in [2.24, 2.45) is 11.1 Å². The second-order valence-electron chi connectivity index (χ2n) is 4.69. The van der Waals surface area contributed by atoms with Crippen LogP contribution in [0.3, 0.4) is 0 Å². The zero-order valence-electron chi connectivity index (χ0n) is 11.4. The first-order valence-corrected chi connectivity index (χ1v) is 6.19. The molecule has 1 amide bonds. The van der Waals surface area contributed by atoms with Gasteiger partial charge in [-0.25, -0.2) is 0 Å². The molecule has 114 valence electrons. The van der Waals surface area contributed by atoms with Gasteiger partial charge < -0.3 is 15.8 Å². The Morgan fingerprint density at radius 1 is 1.45 bits per heavy atom. The molecule has 0 radical (unpaired) electrons. The van der Waals surface area contributed by atoms with E-state index in [0.717, 1.165) is 11.4 Å². The summed E-state index contributed by atoms with van der Waals surface area (Å²) in [4.78, 5) is 16.6. The molecule has 0 atom stereocenters. The van der Waals surface area contributed by atoms with E-state index >= 15 is 0 Å². The van der Waals surface area contributed by atoms with Crippen LogP contribution in [-0.2, 0) is 9.53 Å². The lowest BCUT2D eigenvalue weighted by atomic mass is 9.79. The molecule has 5 nitrogen and oxygen atoms in total. The average Bonchev–Trinajstić information content (AvgIpc) is 2.42. The minimum Gasteiger partial charge on any atom is -0.381 e. The lowest BCUT2D eigenvalue weighted by Crippen LogP contribution is -2.46. The number of aryl methyl sites for hydroxylation is 1. The number of nitrogens with two attached hydrogens (primary N) is 1. The first kappa shape index (κ1) is 19.1. The van der Waals surface area contributed by atoms with E-state index in [1.807, 2.05) is 19.1 Å². The molecule has 0 bridgehead atoms. The van der Waals surface area contributed by atoms with Gasteiger partial charge in [0.1, 0.15) is 0 Å². The Morgan fingerprint density at radius 2 is 2.10 bits per heavy atom. The third-order valence-corrected chi connectivity index (χ3v) is 3.58. The van der Waals surface area contributed by atoms with Gasteiger partial charge in [-0.1, -0.05) is 0 Å². The molecule has 0 spiro atoms. The number of rotatable bonds is 3. The molecule has 1 aromatic heterocycles. The Hall–Kier alpha value is -0.880. The van der Waals surface area contributed by atoms with E-state index in [-0.39, 0.29) is 30.7 Å². The number of anilines is 1. The normalized spacial score (nSPS) is 16.5. The van der Waals surface area contributed by atoms with Crippen molar-refractivity contribution in [2.75, 3.05) is 25.1 Å². The zero-order chi connectivity index (χ0) is 13.0. The summed E-state index contributed by atoms with van der Waals surface area (Å²) >= 11 is 0. The maximum Gasteiger partial charge on any atom is 0.232 e. The Balaban J connectivity index is 0.00000180. The highest BCUT2D eigenvalue weighted by Crippen LogP contribution is 2.31. The predicted molar refractivity (Wildman–Crippen MR) is 83.6 cm³/mol. The molecular weight excluding hydrogens is 301 g/mol. The number of carbonyl (C=O) groups is 1. The monoisotopic (exact) mass is 321 g/mol. The minimum absolute atomic E-state index is 0. The third-order valence-electron chi connectivity index (χ3n) is 3.58. The van der Waals surface area contributed by atoms with Crippen LogP contribution >= 0.6 is 24.8 Å². The Kier molecular flexibility index (Phi) is 8.05. The van der Waals surface area contributed by atoms with Gasteiger partial charge in [0.25, 0.3) is 0 Å². The summed E-state index contributed by atoms with van der Waals surface area (Å²) in [5.74, 6) is -0.0237. The summed E-state index contributed by atoms with van der Waals surface area (Å²) < 4.78 is 5.30. The second-order valence-corrected chi connectivity index (χ2v) is 4.69. The van der Waals surface area contributed by atoms with E-state index in [4.69, 9.17) is 10.5 Å². The lowest BCUT2D eigenvalue weighted by molar-refractivity contribution is -0.130. The van der Waals surface area contributed by atoms with Crippen LogP contribution < -0.4 is 11.1 Å². The summed E-state index contributed by atoms with van der Waals surface area (Å²) in [6.07, 6.45) is 3.06. The van der Waals surface area contributed by atoms with Gasteiger partial charge in [0.15, 0.2) is 0 Å². The standard InChI is InChI=1S/C13H19N3O2.2ClH/c1-10-11(3-2-6-15-10)16-12(17)13(9-14)4-7-18-8-5-13;;/h2-3,6H,4-5,7-9,14H2,1H3,(H,16,17);2*1H. The van der Waals surface area contributed by atoms with Gasteiger partial charge in [0, 0.05) is 26.0 Å². The average molecular weight is 322 g/mol. The zero-order valence-corrected chi connectivity index (χ0v) is 13.1. The molecule has 0 saturated carbocycles. The summed E-state index contributed by atoms with van der Waals surface area (Å²) in [5.41, 5.74) is 6.86. The van der Waals surface area contributed by atoms with Crippen LogP contribution in [0.15, 0.2) is 18.3 Å². The van der Waals surface area contributed by atoms with Gasteiger partial charge in [0.2, 0.25) is 5.91 Å². The number of ether oxygens (including phenoxy) is 1. The predicted octanol–water partition coefficient (Wildman–Crippen LogP) is 1.93. The van der Waals surface area contributed by atoms with E-state index < -0.39 is 5.41 Å². The van der Waals surface area contributed by atoms with Gasteiger partial charge in [-0.3, -0.25) is 9.78 Å². The Labute approximate surface area is 131 Å². The van der Waals surface area contributed by atoms with Crippen molar-refractivity contribution in [1.29, 1.82) is 0 Å². The van der Waals surface area contributed by atoms with Crippen molar-refractivity contribution in [3.63, 3.8) is 0 Å². The van der Waals surface area contributed by atoms with E-state index in [1.54, 1.807) is 6.20 Å². The maximum absolute atomic E-state index is 12.4. The van der Waals surface area contributed by atoms with Gasteiger partial charge >= 0.3 is 0 Å². The fourth-order valence-corrected chi connectivity index (χ4v) is 2.16. The molecule has 2 heterocycles. The van der Waals surface area contributed by atoms with Crippen LogP contribution in [0.2, 0.25) is 0 Å². The highest BCUT2D eigenvalue weighted by Gasteiger charge is 2.38. The molecule has 1 fully saturated rings. The van der Waals surface area contributed by atoms with Gasteiger partial charge in [0.05, 0.1) is 16.8 Å². The Bertz CT molecular complexity index is 437. The first-order chi connectivity index (χ1) is 8.68. The van der Waals surface area contributed by atoms with Crippen LogP contribution in [-0.4, -0.2) is 30.6 Å². The molecule has 0 aromatic carbocycles. The van der Waals surface area contributed by atoms with Crippen LogP contribution in [0.4, 0.5) is 5.69 Å². The molecule has 0 aliphatic carbocycles. The molecule has 1 aliphatic rings. The summed E-state index contributed by atoms with van der Waals surface area (Å²) in [6, 6.07) is 3.66. The highest BCUT2D eigenvalue weighted by molar-refractivity contribution is 5.96. The number of aromatic nitrogens is 1. The topological polar surface area (TPSA) is 77.2 Å². The number of nitrogens with zero attached hydrogens (tertiary/aromatic N) is 1. The van der Waals surface area contributed by atoms with Crippen molar-refractivity contribution in [3.8, 4) is 0 Å². The van der Waals surface area contributed by atoms with Crippen LogP contribution in [0, 0.1) is 12.3 Å². The number of nitrogens with one attached hydrogen (secondary N) is 1. The number of hydrogen-bond donors (Lipinski definition) is 2. The second kappa shape index (κ2) is 8.42. The fraction of sp³-hybridized carbons (Fsp3) is 0.538. The SMILES string of the molecule is Cc1ncccc1NC(=O)C1(CN)CCOCC1.Cl.Cl. The van der Waals surface area contributed by atoms with Crippen molar-refractivity contribution < 1.29 is 9.53 Å². The molecule has 7 heteroatoms. The van der Waals surface area contributed by atoms with E-state index in [9.17, 15) is 4.79 Å². The van der Waals surface area contributed by atoms with E-state index in [0.29, 0.717) is 32.6 Å².